The van der Waals surface area contributed by atoms with Gasteiger partial charge in [0.05, 0.1) is 30.3 Å². The number of benzene rings is 1. The highest BCUT2D eigenvalue weighted by atomic mass is 32.2. The maximum absolute atomic E-state index is 14.9. The average molecular weight is 542 g/mol. The van der Waals surface area contributed by atoms with Gasteiger partial charge in [-0.3, -0.25) is 9.55 Å². The molecule has 1 atom stereocenters. The molecular weight excluding hydrogens is 521 g/mol. The third-order valence-corrected chi connectivity index (χ3v) is 7.43. The lowest BCUT2D eigenvalue weighted by Gasteiger charge is -2.29. The summed E-state index contributed by atoms with van der Waals surface area (Å²) in [6.45, 7) is 1.12. The molecule has 37 heavy (non-hydrogen) atoms. The van der Waals surface area contributed by atoms with Gasteiger partial charge in [0.2, 0.25) is 16.0 Å². The molecule has 2 aromatic heterocycles. The van der Waals surface area contributed by atoms with E-state index in [1.807, 2.05) is 0 Å². The number of rotatable bonds is 6. The molecule has 3 aromatic rings. The zero-order chi connectivity index (χ0) is 27.0. The van der Waals surface area contributed by atoms with E-state index in [9.17, 15) is 30.4 Å². The molecule has 0 N–H and O–H groups in total. The maximum atomic E-state index is 14.9. The van der Waals surface area contributed by atoms with E-state index in [-0.39, 0.29) is 23.8 Å². The Bertz CT molecular complexity index is 1470. The van der Waals surface area contributed by atoms with E-state index in [0.717, 1.165) is 28.9 Å². The normalized spacial score (nSPS) is 17.5. The minimum absolute atomic E-state index is 0.00878. The van der Waals surface area contributed by atoms with Gasteiger partial charge in [0.1, 0.15) is 16.5 Å². The molecule has 1 aliphatic rings. The fourth-order valence-electron chi connectivity index (χ4n) is 4.00. The number of hydrogen-bond donors (Lipinski definition) is 0. The minimum atomic E-state index is -5.23. The number of nitrogens with zero attached hydrogens (tertiary/aromatic N) is 5. The van der Waals surface area contributed by atoms with Crippen LogP contribution in [0.3, 0.4) is 0 Å². The third kappa shape index (κ3) is 5.54. The van der Waals surface area contributed by atoms with Crippen molar-refractivity contribution in [1.29, 1.82) is 0 Å². The van der Waals surface area contributed by atoms with Crippen molar-refractivity contribution >= 4 is 10.0 Å². The van der Waals surface area contributed by atoms with Crippen LogP contribution in [0, 0.1) is 5.95 Å². The smallest absolute Gasteiger partial charge is 0.409 e. The predicted molar refractivity (Wildman–Crippen MR) is 121 cm³/mol. The maximum Gasteiger partial charge on any atom is 0.572 e. The molecule has 8 nitrogen and oxygen atoms in total. The Labute approximate surface area is 208 Å². The van der Waals surface area contributed by atoms with Gasteiger partial charge in [-0.15, -0.1) is 13.2 Å². The van der Waals surface area contributed by atoms with Crippen molar-refractivity contribution in [2.24, 2.45) is 0 Å². The summed E-state index contributed by atoms with van der Waals surface area (Å²) in [6.07, 6.45) is -1.43. The number of sulfonamides is 1. The molecule has 0 spiro atoms. The summed E-state index contributed by atoms with van der Waals surface area (Å²) < 4.78 is 101. The fourth-order valence-corrected chi connectivity index (χ4v) is 5.77. The summed E-state index contributed by atoms with van der Waals surface area (Å²) >= 11 is 0. The number of alkyl halides is 3. The van der Waals surface area contributed by atoms with Crippen LogP contribution < -0.4 is 0 Å². The lowest BCUT2D eigenvalue weighted by atomic mass is 10.1. The van der Waals surface area contributed by atoms with Crippen LogP contribution in [0.5, 0.6) is 0 Å². The van der Waals surface area contributed by atoms with Crippen LogP contribution in [0.15, 0.2) is 71.5 Å². The van der Waals surface area contributed by atoms with Gasteiger partial charge in [0, 0.05) is 12.4 Å². The fraction of sp³-hybridized carbons (Fsp3) is 0.261. The second-order valence-corrected chi connectivity index (χ2v) is 9.92. The van der Waals surface area contributed by atoms with Crippen LogP contribution in [-0.4, -0.2) is 38.6 Å². The second kappa shape index (κ2) is 10.0. The molecule has 0 aliphatic carbocycles. The topological polar surface area (TPSA) is 90.2 Å². The van der Waals surface area contributed by atoms with Crippen molar-refractivity contribution in [3.05, 3.63) is 94.5 Å². The second-order valence-electron chi connectivity index (χ2n) is 8.06. The molecule has 0 saturated heterocycles. The van der Waals surface area contributed by atoms with Crippen molar-refractivity contribution in [2.75, 3.05) is 0 Å². The number of halogens is 5. The number of imidazole rings is 1. The molecule has 0 radical (unpaired) electrons. The molecule has 0 bridgehead atoms. The molecule has 0 saturated carbocycles. The number of ether oxygens (including phenoxy) is 1. The van der Waals surface area contributed by atoms with Crippen molar-refractivity contribution in [1.82, 2.24) is 23.8 Å². The van der Waals surface area contributed by atoms with Crippen molar-refractivity contribution < 1.29 is 35.1 Å². The molecule has 196 valence electrons. The first-order valence-corrected chi connectivity index (χ1v) is 12.2. The van der Waals surface area contributed by atoms with Gasteiger partial charge in [-0.2, -0.15) is 8.70 Å². The Morgan fingerprint density at radius 2 is 1.81 bits per heavy atom. The number of fused-ring (bicyclic) bond motifs is 3. The van der Waals surface area contributed by atoms with Crippen molar-refractivity contribution in [3.8, 4) is 5.82 Å². The summed E-state index contributed by atoms with van der Waals surface area (Å²) in [5, 5.41) is 0. The van der Waals surface area contributed by atoms with Crippen LogP contribution in [0.25, 0.3) is 5.82 Å². The highest BCUT2D eigenvalue weighted by molar-refractivity contribution is 7.93. The molecular formula is C23H20F5N5O3S. The molecule has 14 heteroatoms. The van der Waals surface area contributed by atoms with Crippen LogP contribution >= 0.6 is 0 Å². The predicted octanol–water partition coefficient (Wildman–Crippen LogP) is 4.87. The quantitative estimate of drug-likeness (QED) is 0.251. The average Bonchev–Trinajstić information content (AvgIpc) is 3.13. The lowest BCUT2D eigenvalue weighted by Crippen LogP contribution is -2.37. The molecule has 1 aromatic carbocycles. The van der Waals surface area contributed by atoms with Gasteiger partial charge in [-0.05, 0) is 31.9 Å². The zero-order valence-corrected chi connectivity index (χ0v) is 20.3. The lowest BCUT2D eigenvalue weighted by molar-refractivity contribution is -0.305. The van der Waals surface area contributed by atoms with Gasteiger partial charge in [-0.1, -0.05) is 30.3 Å². The Kier molecular flexibility index (Phi) is 7.15. The Morgan fingerprint density at radius 1 is 1.14 bits per heavy atom. The summed E-state index contributed by atoms with van der Waals surface area (Å²) in [4.78, 5) is 11.3. The van der Waals surface area contributed by atoms with E-state index in [2.05, 4.69) is 19.7 Å². The van der Waals surface area contributed by atoms with Gasteiger partial charge < -0.3 is 4.74 Å². The van der Waals surface area contributed by atoms with Crippen molar-refractivity contribution in [2.45, 2.75) is 39.2 Å². The van der Waals surface area contributed by atoms with Crippen LogP contribution in [0.4, 0.5) is 22.0 Å². The molecule has 0 amide bonds. The van der Waals surface area contributed by atoms with E-state index >= 15 is 0 Å². The van der Waals surface area contributed by atoms with Crippen LogP contribution in [0.2, 0.25) is 0 Å². The standard InChI is InChI=1S/C23H20F5N5O3S/c1-14(24)10-19(15(2)36-23(26,27)28)37(34,35)32-13-17-21(30-9-8-29-17)33-20(25)12-31-22(33)18(32)11-16-6-4-3-5-7-16/h3-10,12,18H,11,13H2,1-2H3. The molecule has 0 fully saturated rings. The van der Waals surface area contributed by atoms with Crippen LogP contribution in [0.1, 0.15) is 37.0 Å². The Balaban J connectivity index is 1.97. The summed E-state index contributed by atoms with van der Waals surface area (Å²) in [5.41, 5.74) is 0.634. The molecule has 4 rings (SSSR count). The number of aromatic nitrogens is 4. The number of allylic oxidation sites excluding steroid dienone is 3. The van der Waals surface area contributed by atoms with E-state index in [0.29, 0.717) is 11.6 Å². The molecule has 3 heterocycles. The highest BCUT2D eigenvalue weighted by Gasteiger charge is 2.42. The highest BCUT2D eigenvalue weighted by Crippen LogP contribution is 2.38. The third-order valence-electron chi connectivity index (χ3n) is 5.47. The molecule has 1 unspecified atom stereocenters. The first kappa shape index (κ1) is 26.4. The first-order valence-electron chi connectivity index (χ1n) is 10.8. The van der Waals surface area contributed by atoms with Gasteiger partial charge in [-0.25, -0.2) is 22.8 Å². The Hall–Kier alpha value is -3.65. The van der Waals surface area contributed by atoms with E-state index < -0.39 is 51.4 Å². The SMILES string of the molecule is CC(F)=CC(=C(C)OC(F)(F)F)S(=O)(=O)N1Cc2nccnc2-n2c(F)cnc2C1Cc1ccccc1. The summed E-state index contributed by atoms with van der Waals surface area (Å²) in [5.74, 6) is -3.14. The zero-order valence-electron chi connectivity index (χ0n) is 19.4. The van der Waals surface area contributed by atoms with Crippen molar-refractivity contribution in [3.63, 3.8) is 0 Å². The van der Waals surface area contributed by atoms with E-state index in [1.54, 1.807) is 30.3 Å². The number of hydrogen-bond acceptors (Lipinski definition) is 6. The van der Waals surface area contributed by atoms with Gasteiger partial charge in [0.15, 0.2) is 5.82 Å². The minimum Gasteiger partial charge on any atom is -0.409 e. The van der Waals surface area contributed by atoms with Crippen LogP contribution in [-0.2, 0) is 27.7 Å². The van der Waals surface area contributed by atoms with E-state index in [1.165, 1.54) is 12.4 Å². The van der Waals surface area contributed by atoms with Gasteiger partial charge in [0.25, 0.3) is 0 Å². The Morgan fingerprint density at radius 3 is 2.46 bits per heavy atom. The summed E-state index contributed by atoms with van der Waals surface area (Å²) in [7, 11) is -4.93. The first-order chi connectivity index (χ1) is 17.4. The largest absolute Gasteiger partial charge is 0.572 e. The van der Waals surface area contributed by atoms with Gasteiger partial charge >= 0.3 is 6.36 Å². The monoisotopic (exact) mass is 541 g/mol. The van der Waals surface area contributed by atoms with E-state index in [4.69, 9.17) is 0 Å². The molecule has 1 aliphatic heterocycles. The summed E-state index contributed by atoms with van der Waals surface area (Å²) in [6, 6.07) is 7.31.